The number of hydrogen-bond acceptors (Lipinski definition) is 1. The minimum atomic E-state index is 0.246. The van der Waals surface area contributed by atoms with Crippen molar-refractivity contribution in [1.29, 1.82) is 0 Å². The van der Waals surface area contributed by atoms with Gasteiger partial charge in [-0.3, -0.25) is 0 Å². The smallest absolute Gasteiger partial charge is 0.0411 e. The highest BCUT2D eigenvalue weighted by Crippen LogP contribution is 2.24. The van der Waals surface area contributed by atoms with Gasteiger partial charge < -0.3 is 5.32 Å². The fourth-order valence-corrected chi connectivity index (χ4v) is 2.93. The molecule has 3 heteroatoms. The van der Waals surface area contributed by atoms with E-state index in [-0.39, 0.29) is 6.04 Å². The van der Waals surface area contributed by atoms with Gasteiger partial charge in [0.05, 0.1) is 0 Å². The first-order chi connectivity index (χ1) is 9.58. The second kappa shape index (κ2) is 7.12. The second-order valence-electron chi connectivity index (χ2n) is 5.01. The summed E-state index contributed by atoms with van der Waals surface area (Å²) in [4.78, 5) is 0. The predicted octanol–water partition coefficient (Wildman–Crippen LogP) is 5.20. The molecule has 1 nitrogen and oxygen atoms in total. The quantitative estimate of drug-likeness (QED) is 0.801. The molecule has 1 unspecified atom stereocenters. The van der Waals surface area contributed by atoms with Gasteiger partial charge in [0.25, 0.3) is 0 Å². The van der Waals surface area contributed by atoms with E-state index in [0.717, 1.165) is 23.0 Å². The zero-order valence-corrected chi connectivity index (χ0v) is 13.3. The molecule has 2 aromatic carbocycles. The summed E-state index contributed by atoms with van der Waals surface area (Å²) in [7, 11) is 0. The molecule has 0 amide bonds. The maximum absolute atomic E-state index is 6.17. The lowest BCUT2D eigenvalue weighted by molar-refractivity contribution is 0.549. The van der Waals surface area contributed by atoms with E-state index in [1.54, 1.807) is 0 Å². The third-order valence-electron chi connectivity index (χ3n) is 3.25. The second-order valence-corrected chi connectivity index (χ2v) is 5.88. The Morgan fingerprint density at radius 1 is 1.05 bits per heavy atom. The van der Waals surface area contributed by atoms with Crippen molar-refractivity contribution in [2.45, 2.75) is 26.3 Å². The van der Waals surface area contributed by atoms with Gasteiger partial charge in [-0.15, -0.1) is 0 Å². The van der Waals surface area contributed by atoms with Gasteiger partial charge in [-0.05, 0) is 60.8 Å². The zero-order valence-electron chi connectivity index (χ0n) is 11.8. The molecule has 0 aromatic heterocycles. The number of nitrogens with one attached hydrogen (secondary N) is 1. The fourth-order valence-electron chi connectivity index (χ4n) is 2.42. The summed E-state index contributed by atoms with van der Waals surface area (Å²) in [6.07, 6.45) is 0.897. The standard InChI is InChI=1S/C17H19Cl2N/c1-3-20-17(10-13-5-4-6-15(18)9-13)14-7-12(2)8-16(19)11-14/h4-9,11,17,20H,3,10H2,1-2H3. The average Bonchev–Trinajstić information content (AvgIpc) is 2.37. The van der Waals surface area contributed by atoms with Crippen LogP contribution in [0.5, 0.6) is 0 Å². The lowest BCUT2D eigenvalue weighted by atomic mass is 9.97. The zero-order chi connectivity index (χ0) is 14.5. The van der Waals surface area contributed by atoms with E-state index in [9.17, 15) is 0 Å². The molecule has 106 valence electrons. The van der Waals surface area contributed by atoms with Crippen LogP contribution in [0.2, 0.25) is 10.0 Å². The first kappa shape index (κ1) is 15.4. The number of likely N-dealkylation sites (N-methyl/N-ethyl adjacent to an activating group) is 1. The molecule has 2 rings (SSSR count). The molecule has 0 heterocycles. The van der Waals surface area contributed by atoms with Crippen LogP contribution in [0.3, 0.4) is 0 Å². The Morgan fingerprint density at radius 2 is 1.85 bits per heavy atom. The van der Waals surface area contributed by atoms with Crippen molar-refractivity contribution < 1.29 is 0 Å². The van der Waals surface area contributed by atoms with Crippen molar-refractivity contribution in [2.75, 3.05) is 6.54 Å². The van der Waals surface area contributed by atoms with Gasteiger partial charge >= 0.3 is 0 Å². The van der Waals surface area contributed by atoms with Crippen LogP contribution >= 0.6 is 23.2 Å². The molecule has 0 aliphatic rings. The molecule has 2 aromatic rings. The van der Waals surface area contributed by atoms with E-state index in [1.165, 1.54) is 16.7 Å². The highest BCUT2D eigenvalue weighted by Gasteiger charge is 2.12. The van der Waals surface area contributed by atoms with Gasteiger partial charge in [0.15, 0.2) is 0 Å². The summed E-state index contributed by atoms with van der Waals surface area (Å²) in [5, 5.41) is 5.08. The third kappa shape index (κ3) is 4.24. The van der Waals surface area contributed by atoms with E-state index in [2.05, 4.69) is 31.3 Å². The first-order valence-electron chi connectivity index (χ1n) is 6.83. The molecule has 0 saturated heterocycles. The Morgan fingerprint density at radius 3 is 2.50 bits per heavy atom. The van der Waals surface area contributed by atoms with Crippen LogP contribution in [0.25, 0.3) is 0 Å². The van der Waals surface area contributed by atoms with Gasteiger partial charge in [0.2, 0.25) is 0 Å². The molecule has 20 heavy (non-hydrogen) atoms. The highest BCUT2D eigenvalue weighted by molar-refractivity contribution is 6.31. The Hall–Kier alpha value is -1.02. The third-order valence-corrected chi connectivity index (χ3v) is 3.70. The summed E-state index contributed by atoms with van der Waals surface area (Å²) in [6, 6.07) is 14.5. The molecular weight excluding hydrogens is 289 g/mol. The lowest BCUT2D eigenvalue weighted by Crippen LogP contribution is -2.23. The number of halogens is 2. The van der Waals surface area contributed by atoms with Gasteiger partial charge in [-0.2, -0.15) is 0 Å². The van der Waals surface area contributed by atoms with Crippen LogP contribution in [0.1, 0.15) is 29.7 Å². The van der Waals surface area contributed by atoms with Crippen LogP contribution < -0.4 is 5.32 Å². The van der Waals surface area contributed by atoms with Crippen molar-refractivity contribution in [2.24, 2.45) is 0 Å². The van der Waals surface area contributed by atoms with Gasteiger partial charge in [0.1, 0.15) is 0 Å². The SMILES string of the molecule is CCNC(Cc1cccc(Cl)c1)c1cc(C)cc(Cl)c1. The molecular formula is C17H19Cl2N. The molecule has 0 saturated carbocycles. The summed E-state index contributed by atoms with van der Waals surface area (Å²) < 4.78 is 0. The van der Waals surface area contributed by atoms with Crippen molar-refractivity contribution >= 4 is 23.2 Å². The van der Waals surface area contributed by atoms with Crippen LogP contribution in [-0.4, -0.2) is 6.54 Å². The van der Waals surface area contributed by atoms with E-state index < -0.39 is 0 Å². The highest BCUT2D eigenvalue weighted by atomic mass is 35.5. The van der Waals surface area contributed by atoms with Crippen LogP contribution in [0.4, 0.5) is 0 Å². The number of hydrogen-bond donors (Lipinski definition) is 1. The summed E-state index contributed by atoms with van der Waals surface area (Å²) in [5.74, 6) is 0. The van der Waals surface area contributed by atoms with Gasteiger partial charge in [-0.25, -0.2) is 0 Å². The van der Waals surface area contributed by atoms with E-state index >= 15 is 0 Å². The minimum absolute atomic E-state index is 0.246. The number of aryl methyl sites for hydroxylation is 1. The van der Waals surface area contributed by atoms with E-state index in [4.69, 9.17) is 23.2 Å². The fraction of sp³-hybridized carbons (Fsp3) is 0.294. The Labute approximate surface area is 130 Å². The van der Waals surface area contributed by atoms with Crippen molar-refractivity contribution in [3.05, 3.63) is 69.2 Å². The molecule has 1 atom stereocenters. The molecule has 0 spiro atoms. The number of benzene rings is 2. The van der Waals surface area contributed by atoms with E-state index in [1.807, 2.05) is 30.3 Å². The summed E-state index contributed by atoms with van der Waals surface area (Å²) in [5.41, 5.74) is 3.62. The van der Waals surface area contributed by atoms with Crippen LogP contribution in [-0.2, 0) is 6.42 Å². The number of rotatable bonds is 5. The topological polar surface area (TPSA) is 12.0 Å². The average molecular weight is 308 g/mol. The van der Waals surface area contributed by atoms with Crippen molar-refractivity contribution in [3.63, 3.8) is 0 Å². The van der Waals surface area contributed by atoms with Gasteiger partial charge in [-0.1, -0.05) is 48.3 Å². The van der Waals surface area contributed by atoms with Crippen molar-refractivity contribution in [3.8, 4) is 0 Å². The monoisotopic (exact) mass is 307 g/mol. The van der Waals surface area contributed by atoms with Crippen LogP contribution in [0, 0.1) is 6.92 Å². The van der Waals surface area contributed by atoms with Crippen LogP contribution in [0.15, 0.2) is 42.5 Å². The predicted molar refractivity (Wildman–Crippen MR) is 87.8 cm³/mol. The molecule has 0 radical (unpaired) electrons. The summed E-state index contributed by atoms with van der Waals surface area (Å²) in [6.45, 7) is 5.09. The lowest BCUT2D eigenvalue weighted by Gasteiger charge is -2.19. The molecule has 0 aliphatic heterocycles. The minimum Gasteiger partial charge on any atom is -0.310 e. The van der Waals surface area contributed by atoms with E-state index in [0.29, 0.717) is 0 Å². The normalized spacial score (nSPS) is 12.4. The summed E-state index contributed by atoms with van der Waals surface area (Å²) >= 11 is 12.2. The first-order valence-corrected chi connectivity index (χ1v) is 7.59. The molecule has 0 aliphatic carbocycles. The Balaban J connectivity index is 2.26. The maximum Gasteiger partial charge on any atom is 0.0411 e. The van der Waals surface area contributed by atoms with Gasteiger partial charge in [0, 0.05) is 16.1 Å². The Kier molecular flexibility index (Phi) is 5.47. The Bertz CT molecular complexity index is 561. The molecule has 1 N–H and O–H groups in total. The largest absolute Gasteiger partial charge is 0.310 e. The van der Waals surface area contributed by atoms with Crippen molar-refractivity contribution in [1.82, 2.24) is 5.32 Å². The maximum atomic E-state index is 6.17. The molecule has 0 bridgehead atoms. The molecule has 0 fully saturated rings.